The average Bonchev–Trinajstić information content (AvgIpc) is 2.58. The van der Waals surface area contributed by atoms with Crippen LogP contribution in [0.2, 0.25) is 0 Å². The Morgan fingerprint density at radius 3 is 2.52 bits per heavy atom. The number of benzene rings is 1. The Balaban J connectivity index is 1.71. The van der Waals surface area contributed by atoms with Crippen LogP contribution in [0.25, 0.3) is 0 Å². The molecule has 25 heavy (non-hydrogen) atoms. The molecule has 1 aliphatic rings. The van der Waals surface area contributed by atoms with Crippen LogP contribution in [0.15, 0.2) is 24.3 Å². The molecule has 5 nitrogen and oxygen atoms in total. The second-order valence-corrected chi connectivity index (χ2v) is 5.88. The summed E-state index contributed by atoms with van der Waals surface area (Å²) in [6, 6.07) is 4.30. The molecule has 0 saturated heterocycles. The molecule has 0 aromatic heterocycles. The largest absolute Gasteiger partial charge is 0.482 e. The number of halogens is 3. The molecule has 0 spiro atoms. The zero-order valence-electron chi connectivity index (χ0n) is 13.6. The van der Waals surface area contributed by atoms with Gasteiger partial charge >= 0.3 is 12.1 Å². The second kappa shape index (κ2) is 8.73. The third-order valence-electron chi connectivity index (χ3n) is 3.85. The first kappa shape index (κ1) is 19.1. The van der Waals surface area contributed by atoms with Crippen molar-refractivity contribution >= 4 is 11.9 Å². The molecule has 2 rings (SSSR count). The summed E-state index contributed by atoms with van der Waals surface area (Å²) in [5, 5.41) is 2.79. The molecule has 0 unspecified atom stereocenters. The molecule has 0 atom stereocenters. The van der Waals surface area contributed by atoms with Crippen LogP contribution in [-0.4, -0.2) is 31.1 Å². The van der Waals surface area contributed by atoms with Gasteiger partial charge in [0.25, 0.3) is 5.91 Å². The molecule has 1 aromatic rings. The lowest BCUT2D eigenvalue weighted by Crippen LogP contribution is -2.39. The molecule has 138 valence electrons. The number of amides is 1. The average molecular weight is 359 g/mol. The van der Waals surface area contributed by atoms with Crippen molar-refractivity contribution in [2.24, 2.45) is 0 Å². The van der Waals surface area contributed by atoms with Crippen LogP contribution in [0.1, 0.15) is 37.7 Å². The number of carbonyl (C=O) groups excluding carboxylic acids is 2. The molecule has 1 amide bonds. The van der Waals surface area contributed by atoms with Crippen LogP contribution in [0, 0.1) is 0 Å². The molecular formula is C17H20F3NO4. The Morgan fingerprint density at radius 1 is 1.12 bits per heavy atom. The van der Waals surface area contributed by atoms with E-state index in [2.05, 4.69) is 5.32 Å². The van der Waals surface area contributed by atoms with E-state index < -0.39 is 30.9 Å². The number of esters is 1. The van der Waals surface area contributed by atoms with Crippen LogP contribution in [0.5, 0.6) is 5.75 Å². The van der Waals surface area contributed by atoms with E-state index >= 15 is 0 Å². The Morgan fingerprint density at radius 2 is 1.84 bits per heavy atom. The molecule has 1 fully saturated rings. The van der Waals surface area contributed by atoms with Gasteiger partial charge in [0, 0.05) is 6.04 Å². The topological polar surface area (TPSA) is 64.6 Å². The molecule has 1 aromatic carbocycles. The minimum absolute atomic E-state index is 0.0987. The summed E-state index contributed by atoms with van der Waals surface area (Å²) in [4.78, 5) is 23.2. The molecule has 1 aliphatic carbocycles. The van der Waals surface area contributed by atoms with Crippen molar-refractivity contribution in [1.29, 1.82) is 0 Å². The number of hydrogen-bond acceptors (Lipinski definition) is 4. The fourth-order valence-corrected chi connectivity index (χ4v) is 2.61. The van der Waals surface area contributed by atoms with Crippen LogP contribution < -0.4 is 10.1 Å². The zero-order chi connectivity index (χ0) is 18.3. The smallest absolute Gasteiger partial charge is 0.416 e. The fourth-order valence-electron chi connectivity index (χ4n) is 2.61. The van der Waals surface area contributed by atoms with Gasteiger partial charge in [-0.3, -0.25) is 4.79 Å². The number of nitrogens with one attached hydrogen (secondary N) is 1. The zero-order valence-corrected chi connectivity index (χ0v) is 13.6. The minimum Gasteiger partial charge on any atom is -0.482 e. The standard InChI is InChI=1S/C17H20F3NO4/c18-17(19,20)12-5-4-8-14(9-12)24-11-16(23)25-10-15(22)21-13-6-2-1-3-7-13/h4-5,8-9,13H,1-3,6-7,10-11H2,(H,21,22). The number of alkyl halides is 3. The summed E-state index contributed by atoms with van der Waals surface area (Å²) in [6.45, 7) is -1.00. The Hall–Kier alpha value is -2.25. The van der Waals surface area contributed by atoms with E-state index in [-0.39, 0.29) is 17.7 Å². The number of carbonyl (C=O) groups is 2. The molecule has 0 radical (unpaired) electrons. The van der Waals surface area contributed by atoms with Gasteiger partial charge in [0.15, 0.2) is 13.2 Å². The Bertz CT molecular complexity index is 598. The lowest BCUT2D eigenvalue weighted by molar-refractivity contribution is -0.150. The van der Waals surface area contributed by atoms with E-state index in [1.165, 1.54) is 12.1 Å². The minimum atomic E-state index is -4.49. The van der Waals surface area contributed by atoms with Crippen molar-refractivity contribution in [2.45, 2.75) is 44.3 Å². The number of rotatable bonds is 6. The first-order valence-electron chi connectivity index (χ1n) is 8.09. The van der Waals surface area contributed by atoms with Gasteiger partial charge in [0.1, 0.15) is 5.75 Å². The fraction of sp³-hybridized carbons (Fsp3) is 0.529. The predicted molar refractivity (Wildman–Crippen MR) is 82.9 cm³/mol. The monoisotopic (exact) mass is 359 g/mol. The summed E-state index contributed by atoms with van der Waals surface area (Å²) in [6.07, 6.45) is 0.632. The van der Waals surface area contributed by atoms with Gasteiger partial charge in [0.05, 0.1) is 5.56 Å². The van der Waals surface area contributed by atoms with E-state index in [0.717, 1.165) is 44.2 Å². The molecule has 1 saturated carbocycles. The van der Waals surface area contributed by atoms with Crippen molar-refractivity contribution in [1.82, 2.24) is 5.32 Å². The molecule has 0 aliphatic heterocycles. The van der Waals surface area contributed by atoms with Gasteiger partial charge in [0.2, 0.25) is 0 Å². The van der Waals surface area contributed by atoms with Crippen LogP contribution in [-0.2, 0) is 20.5 Å². The van der Waals surface area contributed by atoms with Crippen LogP contribution >= 0.6 is 0 Å². The summed E-state index contributed by atoms with van der Waals surface area (Å²) in [7, 11) is 0. The van der Waals surface area contributed by atoms with Gasteiger partial charge in [-0.05, 0) is 31.0 Å². The van der Waals surface area contributed by atoms with Gasteiger partial charge in [-0.25, -0.2) is 4.79 Å². The third-order valence-corrected chi connectivity index (χ3v) is 3.85. The number of hydrogen-bond donors (Lipinski definition) is 1. The maximum Gasteiger partial charge on any atom is 0.416 e. The third kappa shape index (κ3) is 6.64. The van der Waals surface area contributed by atoms with E-state index in [1.54, 1.807) is 0 Å². The van der Waals surface area contributed by atoms with Crippen LogP contribution in [0.4, 0.5) is 13.2 Å². The molecule has 1 N–H and O–H groups in total. The molecule has 0 bridgehead atoms. The van der Waals surface area contributed by atoms with Crippen molar-refractivity contribution in [3.05, 3.63) is 29.8 Å². The maximum absolute atomic E-state index is 12.6. The normalized spacial score (nSPS) is 15.5. The lowest BCUT2D eigenvalue weighted by atomic mass is 9.95. The molecule has 8 heteroatoms. The summed E-state index contributed by atoms with van der Waals surface area (Å²) in [5.74, 6) is -1.31. The highest BCUT2D eigenvalue weighted by Gasteiger charge is 2.30. The molecular weight excluding hydrogens is 339 g/mol. The van der Waals surface area contributed by atoms with Gasteiger partial charge < -0.3 is 14.8 Å². The van der Waals surface area contributed by atoms with Crippen molar-refractivity contribution in [3.8, 4) is 5.75 Å². The SMILES string of the molecule is O=C(COC(=O)COc1cccc(C(F)(F)F)c1)NC1CCCCC1. The highest BCUT2D eigenvalue weighted by Crippen LogP contribution is 2.31. The first-order chi connectivity index (χ1) is 11.8. The van der Waals surface area contributed by atoms with E-state index in [0.29, 0.717) is 0 Å². The van der Waals surface area contributed by atoms with Crippen molar-refractivity contribution in [3.63, 3.8) is 0 Å². The second-order valence-electron chi connectivity index (χ2n) is 5.88. The van der Waals surface area contributed by atoms with Gasteiger partial charge in [-0.15, -0.1) is 0 Å². The van der Waals surface area contributed by atoms with E-state index in [4.69, 9.17) is 9.47 Å². The summed E-state index contributed by atoms with van der Waals surface area (Å²) < 4.78 is 47.5. The predicted octanol–water partition coefficient (Wildman–Crippen LogP) is 3.08. The van der Waals surface area contributed by atoms with E-state index in [1.807, 2.05) is 0 Å². The van der Waals surface area contributed by atoms with Crippen LogP contribution in [0.3, 0.4) is 0 Å². The van der Waals surface area contributed by atoms with Crippen molar-refractivity contribution in [2.75, 3.05) is 13.2 Å². The van der Waals surface area contributed by atoms with Crippen molar-refractivity contribution < 1.29 is 32.2 Å². The van der Waals surface area contributed by atoms with Gasteiger partial charge in [-0.1, -0.05) is 25.3 Å². The molecule has 0 heterocycles. The highest BCUT2D eigenvalue weighted by atomic mass is 19.4. The van der Waals surface area contributed by atoms with Gasteiger partial charge in [-0.2, -0.15) is 13.2 Å². The Labute approximate surface area is 143 Å². The first-order valence-corrected chi connectivity index (χ1v) is 8.09. The van der Waals surface area contributed by atoms with E-state index in [9.17, 15) is 22.8 Å². The summed E-state index contributed by atoms with van der Waals surface area (Å²) in [5.41, 5.74) is -0.870. The quantitative estimate of drug-likeness (QED) is 0.793. The lowest BCUT2D eigenvalue weighted by Gasteiger charge is -2.22. The maximum atomic E-state index is 12.6. The number of ether oxygens (including phenoxy) is 2. The highest BCUT2D eigenvalue weighted by molar-refractivity contribution is 5.81. The summed E-state index contributed by atoms with van der Waals surface area (Å²) >= 11 is 0. The Kier molecular flexibility index (Phi) is 6.66.